The number of hydrogen-bond acceptors (Lipinski definition) is 3. The fraction of sp³-hybridized carbons (Fsp3) is 0.438. The lowest BCUT2D eigenvalue weighted by Crippen LogP contribution is -2.36. The normalized spacial score (nSPS) is 19.1. The monoisotopic (exact) mass is 273 g/mol. The molecule has 1 aliphatic heterocycles. The molecule has 20 heavy (non-hydrogen) atoms. The van der Waals surface area contributed by atoms with Gasteiger partial charge in [-0.3, -0.25) is 9.88 Å². The van der Waals surface area contributed by atoms with Crippen molar-refractivity contribution in [2.24, 2.45) is 0 Å². The molecule has 0 aliphatic carbocycles. The summed E-state index contributed by atoms with van der Waals surface area (Å²) in [5.74, 6) is -0.180. The van der Waals surface area contributed by atoms with E-state index in [1.54, 1.807) is 18.3 Å². The zero-order valence-electron chi connectivity index (χ0n) is 11.8. The highest BCUT2D eigenvalue weighted by molar-refractivity contribution is 5.81. The second-order valence-corrected chi connectivity index (χ2v) is 5.35. The van der Waals surface area contributed by atoms with Crippen LogP contribution in [0.1, 0.15) is 18.9 Å². The summed E-state index contributed by atoms with van der Waals surface area (Å²) >= 11 is 0. The first-order valence-corrected chi connectivity index (χ1v) is 7.26. The second kappa shape index (κ2) is 5.85. The summed E-state index contributed by atoms with van der Waals surface area (Å²) in [6.45, 7) is 5.98. The van der Waals surface area contributed by atoms with E-state index in [9.17, 15) is 4.39 Å². The molecular formula is C16H20FN3. The van der Waals surface area contributed by atoms with Gasteiger partial charge in [-0.1, -0.05) is 13.0 Å². The van der Waals surface area contributed by atoms with Crippen LogP contribution in [0.2, 0.25) is 0 Å². The van der Waals surface area contributed by atoms with Gasteiger partial charge in [0.1, 0.15) is 5.82 Å². The summed E-state index contributed by atoms with van der Waals surface area (Å²) in [7, 11) is 0. The van der Waals surface area contributed by atoms with Gasteiger partial charge in [-0.25, -0.2) is 4.39 Å². The summed E-state index contributed by atoms with van der Waals surface area (Å²) in [5, 5.41) is 4.27. The Morgan fingerprint density at radius 1 is 1.45 bits per heavy atom. The zero-order valence-corrected chi connectivity index (χ0v) is 11.8. The van der Waals surface area contributed by atoms with Gasteiger partial charge in [-0.2, -0.15) is 0 Å². The number of halogens is 1. The summed E-state index contributed by atoms with van der Waals surface area (Å²) < 4.78 is 13.8. The van der Waals surface area contributed by atoms with E-state index < -0.39 is 0 Å². The second-order valence-electron chi connectivity index (χ2n) is 5.35. The highest BCUT2D eigenvalue weighted by Crippen LogP contribution is 2.21. The molecule has 1 saturated heterocycles. The number of likely N-dealkylation sites (N-methyl/N-ethyl adjacent to an activating group) is 1. The topological polar surface area (TPSA) is 28.2 Å². The fourth-order valence-corrected chi connectivity index (χ4v) is 3.02. The Morgan fingerprint density at radius 3 is 3.10 bits per heavy atom. The third-order valence-electron chi connectivity index (χ3n) is 4.08. The summed E-state index contributed by atoms with van der Waals surface area (Å²) in [6.07, 6.45) is 2.94. The van der Waals surface area contributed by atoms with Gasteiger partial charge in [0, 0.05) is 30.7 Å². The number of nitrogens with zero attached hydrogens (tertiary/aromatic N) is 2. The van der Waals surface area contributed by atoms with Gasteiger partial charge in [-0.05, 0) is 43.3 Å². The number of rotatable bonds is 4. The lowest BCUT2D eigenvalue weighted by Gasteiger charge is -2.27. The molecule has 0 saturated carbocycles. The third kappa shape index (κ3) is 2.67. The van der Waals surface area contributed by atoms with Crippen LogP contribution in [0.5, 0.6) is 0 Å². The molecule has 0 radical (unpaired) electrons. The van der Waals surface area contributed by atoms with Crippen molar-refractivity contribution in [2.45, 2.75) is 25.9 Å². The molecule has 2 aromatic rings. The van der Waals surface area contributed by atoms with E-state index in [2.05, 4.69) is 22.1 Å². The molecule has 0 amide bonds. The number of hydrogen-bond donors (Lipinski definition) is 1. The van der Waals surface area contributed by atoms with Crippen LogP contribution in [0.25, 0.3) is 10.9 Å². The third-order valence-corrected chi connectivity index (χ3v) is 4.08. The minimum Gasteiger partial charge on any atom is -0.315 e. The Morgan fingerprint density at radius 2 is 2.35 bits per heavy atom. The van der Waals surface area contributed by atoms with Crippen molar-refractivity contribution >= 4 is 10.9 Å². The van der Waals surface area contributed by atoms with Gasteiger partial charge >= 0.3 is 0 Å². The SMILES string of the molecule is CCN(Cc1cc(F)cc2cccnc12)C1CCNC1. The minimum atomic E-state index is -0.180. The predicted octanol–water partition coefficient (Wildman–Crippen LogP) is 2.56. The van der Waals surface area contributed by atoms with Gasteiger partial charge in [0.25, 0.3) is 0 Å². The van der Waals surface area contributed by atoms with Crippen LogP contribution in [-0.2, 0) is 6.54 Å². The van der Waals surface area contributed by atoms with Crippen molar-refractivity contribution in [3.63, 3.8) is 0 Å². The van der Waals surface area contributed by atoms with Gasteiger partial charge < -0.3 is 5.32 Å². The Bertz CT molecular complexity index is 593. The number of benzene rings is 1. The average Bonchev–Trinajstić information content (AvgIpc) is 2.98. The molecule has 0 bridgehead atoms. The molecule has 1 N–H and O–H groups in total. The Balaban J connectivity index is 1.92. The summed E-state index contributed by atoms with van der Waals surface area (Å²) in [5.41, 5.74) is 1.90. The van der Waals surface area contributed by atoms with E-state index in [-0.39, 0.29) is 5.82 Å². The van der Waals surface area contributed by atoms with Crippen LogP contribution in [0, 0.1) is 5.82 Å². The molecule has 1 unspecified atom stereocenters. The van der Waals surface area contributed by atoms with Gasteiger partial charge in [0.2, 0.25) is 0 Å². The molecule has 106 valence electrons. The van der Waals surface area contributed by atoms with Gasteiger partial charge in [0.15, 0.2) is 0 Å². The lowest BCUT2D eigenvalue weighted by molar-refractivity contribution is 0.211. The first-order valence-electron chi connectivity index (χ1n) is 7.26. The van der Waals surface area contributed by atoms with Crippen molar-refractivity contribution in [1.29, 1.82) is 0 Å². The molecule has 1 atom stereocenters. The van der Waals surface area contributed by atoms with E-state index in [0.29, 0.717) is 6.04 Å². The average molecular weight is 273 g/mol. The van der Waals surface area contributed by atoms with Crippen molar-refractivity contribution < 1.29 is 4.39 Å². The molecule has 1 aliphatic rings. The zero-order chi connectivity index (χ0) is 13.9. The highest BCUT2D eigenvalue weighted by Gasteiger charge is 2.22. The minimum absolute atomic E-state index is 0.180. The molecule has 3 nitrogen and oxygen atoms in total. The number of fused-ring (bicyclic) bond motifs is 1. The molecule has 0 spiro atoms. The number of nitrogens with one attached hydrogen (secondary N) is 1. The van der Waals surface area contributed by atoms with Crippen LogP contribution in [0.15, 0.2) is 30.5 Å². The van der Waals surface area contributed by atoms with Crippen LogP contribution < -0.4 is 5.32 Å². The largest absolute Gasteiger partial charge is 0.315 e. The maximum atomic E-state index is 13.8. The Kier molecular flexibility index (Phi) is 3.94. The molecule has 1 fully saturated rings. The first kappa shape index (κ1) is 13.5. The Labute approximate surface area is 118 Å². The number of pyridine rings is 1. The molecule has 3 rings (SSSR count). The van der Waals surface area contributed by atoms with E-state index in [1.807, 2.05) is 12.1 Å². The maximum Gasteiger partial charge on any atom is 0.124 e. The highest BCUT2D eigenvalue weighted by atomic mass is 19.1. The van der Waals surface area contributed by atoms with Crippen molar-refractivity contribution in [3.8, 4) is 0 Å². The van der Waals surface area contributed by atoms with E-state index in [0.717, 1.165) is 49.1 Å². The van der Waals surface area contributed by atoms with E-state index in [1.165, 1.54) is 0 Å². The fourth-order valence-electron chi connectivity index (χ4n) is 3.02. The van der Waals surface area contributed by atoms with Gasteiger partial charge in [0.05, 0.1) is 5.52 Å². The number of aromatic nitrogens is 1. The predicted molar refractivity (Wildman–Crippen MR) is 79.1 cm³/mol. The standard InChI is InChI=1S/C16H20FN3/c1-2-20(15-5-7-18-10-15)11-13-9-14(17)8-12-4-3-6-19-16(12)13/h3-4,6,8-9,15,18H,2,5,7,10-11H2,1H3. The maximum absolute atomic E-state index is 13.8. The van der Waals surface area contributed by atoms with Crippen molar-refractivity contribution in [3.05, 3.63) is 41.8 Å². The van der Waals surface area contributed by atoms with Crippen molar-refractivity contribution in [1.82, 2.24) is 15.2 Å². The molecule has 4 heteroatoms. The van der Waals surface area contributed by atoms with Crippen LogP contribution in [0.3, 0.4) is 0 Å². The Hall–Kier alpha value is -1.52. The molecule has 1 aromatic heterocycles. The van der Waals surface area contributed by atoms with E-state index in [4.69, 9.17) is 0 Å². The van der Waals surface area contributed by atoms with Crippen molar-refractivity contribution in [2.75, 3.05) is 19.6 Å². The summed E-state index contributed by atoms with van der Waals surface area (Å²) in [6, 6.07) is 7.49. The van der Waals surface area contributed by atoms with Crippen LogP contribution in [0.4, 0.5) is 4.39 Å². The smallest absolute Gasteiger partial charge is 0.124 e. The van der Waals surface area contributed by atoms with Gasteiger partial charge in [-0.15, -0.1) is 0 Å². The van der Waals surface area contributed by atoms with E-state index >= 15 is 0 Å². The molecule has 2 heterocycles. The first-order chi connectivity index (χ1) is 9.78. The van der Waals surface area contributed by atoms with Crippen LogP contribution in [-0.4, -0.2) is 35.6 Å². The van der Waals surface area contributed by atoms with Crippen LogP contribution >= 0.6 is 0 Å². The molecular weight excluding hydrogens is 253 g/mol. The molecule has 1 aromatic carbocycles. The summed E-state index contributed by atoms with van der Waals surface area (Å²) in [4.78, 5) is 6.83. The lowest BCUT2D eigenvalue weighted by atomic mass is 10.1. The quantitative estimate of drug-likeness (QED) is 0.928.